The van der Waals surface area contributed by atoms with Crippen LogP contribution in [-0.4, -0.2) is 26.3 Å². The average molecular weight is 310 g/mol. The van der Waals surface area contributed by atoms with Crippen LogP contribution in [0.2, 0.25) is 0 Å². The molecule has 1 heterocycles. The Balaban J connectivity index is 2.32. The molecule has 0 N–H and O–H groups in total. The van der Waals surface area contributed by atoms with E-state index in [4.69, 9.17) is 4.74 Å². The Kier molecular flexibility index (Phi) is 3.41. The van der Waals surface area contributed by atoms with Gasteiger partial charge in [0.05, 0.1) is 18.1 Å². The van der Waals surface area contributed by atoms with Crippen LogP contribution < -0.4 is 8.92 Å². The summed E-state index contributed by atoms with van der Waals surface area (Å²) in [5.41, 5.74) is -5.34. The summed E-state index contributed by atoms with van der Waals surface area (Å²) in [6, 6.07) is 3.10. The molecule has 0 radical (unpaired) electrons. The van der Waals surface area contributed by atoms with E-state index in [0.29, 0.717) is 0 Å². The van der Waals surface area contributed by atoms with Crippen molar-refractivity contribution in [1.29, 1.82) is 0 Å². The van der Waals surface area contributed by atoms with E-state index in [2.05, 4.69) is 4.18 Å². The van der Waals surface area contributed by atoms with E-state index in [1.807, 2.05) is 0 Å². The van der Waals surface area contributed by atoms with Crippen molar-refractivity contribution in [1.82, 2.24) is 0 Å². The molecule has 0 amide bonds. The van der Waals surface area contributed by atoms with Gasteiger partial charge < -0.3 is 8.92 Å². The molecule has 1 unspecified atom stereocenters. The fourth-order valence-electron chi connectivity index (χ4n) is 1.61. The van der Waals surface area contributed by atoms with Gasteiger partial charge in [0.2, 0.25) is 0 Å². The van der Waals surface area contributed by atoms with Crippen molar-refractivity contribution in [3.8, 4) is 11.5 Å². The molecule has 9 heteroatoms. The summed E-state index contributed by atoms with van der Waals surface area (Å²) in [5.74, 6) is -1.16. The highest BCUT2D eigenvalue weighted by molar-refractivity contribution is 7.88. The van der Waals surface area contributed by atoms with Crippen molar-refractivity contribution in [2.45, 2.75) is 12.4 Å². The van der Waals surface area contributed by atoms with Crippen molar-refractivity contribution in [2.75, 3.05) is 6.61 Å². The van der Waals surface area contributed by atoms with E-state index in [1.54, 1.807) is 6.92 Å². The number of ketones is 1. The van der Waals surface area contributed by atoms with E-state index >= 15 is 0 Å². The number of alkyl halides is 3. The number of carbonyl (C=O) groups is 1. The first kappa shape index (κ1) is 14.6. The van der Waals surface area contributed by atoms with Crippen LogP contribution in [0.25, 0.3) is 0 Å². The molecule has 20 heavy (non-hydrogen) atoms. The van der Waals surface area contributed by atoms with E-state index in [1.165, 1.54) is 6.07 Å². The van der Waals surface area contributed by atoms with Crippen LogP contribution >= 0.6 is 0 Å². The molecule has 0 aliphatic carbocycles. The molecule has 110 valence electrons. The number of hydrogen-bond acceptors (Lipinski definition) is 5. The number of rotatable bonds is 2. The normalized spacial score (nSPS) is 19.2. The van der Waals surface area contributed by atoms with Crippen LogP contribution in [0.4, 0.5) is 13.2 Å². The molecule has 1 aliphatic rings. The quantitative estimate of drug-likeness (QED) is 0.618. The molecule has 0 spiro atoms. The number of carbonyl (C=O) groups excluding carboxylic acids is 1. The SMILES string of the molecule is CC1COc2cc(OS(=O)(=O)C(F)(F)F)ccc2C1=O. The van der Waals surface area contributed by atoms with Crippen molar-refractivity contribution in [3.63, 3.8) is 0 Å². The maximum absolute atomic E-state index is 12.2. The maximum Gasteiger partial charge on any atom is 0.534 e. The van der Waals surface area contributed by atoms with Crippen LogP contribution in [0.3, 0.4) is 0 Å². The minimum Gasteiger partial charge on any atom is -0.492 e. The Bertz CT molecular complexity index is 651. The molecular weight excluding hydrogens is 301 g/mol. The first-order valence-electron chi connectivity index (χ1n) is 5.43. The molecule has 1 aliphatic heterocycles. The molecule has 0 saturated heterocycles. The van der Waals surface area contributed by atoms with Crippen LogP contribution in [0, 0.1) is 5.92 Å². The van der Waals surface area contributed by atoms with Gasteiger partial charge in [-0.2, -0.15) is 21.6 Å². The average Bonchev–Trinajstić information content (AvgIpc) is 2.32. The van der Waals surface area contributed by atoms with Gasteiger partial charge in [0.25, 0.3) is 0 Å². The minimum atomic E-state index is -5.74. The standard InChI is InChI=1S/C11H9F3O5S/c1-6-5-18-9-4-7(2-3-8(9)10(6)15)19-20(16,17)11(12,13)14/h2-4,6H,5H2,1H3. The molecule has 0 saturated carbocycles. The second-order valence-corrected chi connectivity index (χ2v) is 5.76. The summed E-state index contributed by atoms with van der Waals surface area (Å²) in [7, 11) is -5.74. The van der Waals surface area contributed by atoms with Crippen molar-refractivity contribution >= 4 is 15.9 Å². The number of ether oxygens (including phenoxy) is 1. The zero-order chi connectivity index (χ0) is 15.1. The second kappa shape index (κ2) is 4.65. The van der Waals surface area contributed by atoms with Crippen LogP contribution in [0.5, 0.6) is 11.5 Å². The first-order valence-corrected chi connectivity index (χ1v) is 6.84. The third kappa shape index (κ3) is 2.58. The fourth-order valence-corrected chi connectivity index (χ4v) is 2.06. The predicted octanol–water partition coefficient (Wildman–Crippen LogP) is 2.13. The zero-order valence-electron chi connectivity index (χ0n) is 10.1. The fraction of sp³-hybridized carbons (Fsp3) is 0.364. The molecule has 1 atom stereocenters. The van der Waals surface area contributed by atoms with Gasteiger partial charge in [-0.25, -0.2) is 0 Å². The van der Waals surface area contributed by atoms with Gasteiger partial charge in [-0.3, -0.25) is 4.79 Å². The minimum absolute atomic E-state index is 0.00275. The van der Waals surface area contributed by atoms with Gasteiger partial charge in [0, 0.05) is 6.07 Å². The highest BCUT2D eigenvalue weighted by Crippen LogP contribution is 2.33. The third-order valence-electron chi connectivity index (χ3n) is 2.64. The number of Topliss-reactive ketones (excluding diaryl/α,β-unsaturated/α-hetero) is 1. The third-order valence-corrected chi connectivity index (χ3v) is 3.62. The number of fused-ring (bicyclic) bond motifs is 1. The lowest BCUT2D eigenvalue weighted by Crippen LogP contribution is -2.28. The van der Waals surface area contributed by atoms with E-state index in [0.717, 1.165) is 12.1 Å². The Morgan fingerprint density at radius 1 is 1.35 bits per heavy atom. The Morgan fingerprint density at radius 3 is 2.60 bits per heavy atom. The zero-order valence-corrected chi connectivity index (χ0v) is 10.9. The second-order valence-electron chi connectivity index (χ2n) is 4.22. The van der Waals surface area contributed by atoms with Crippen LogP contribution in [0.15, 0.2) is 18.2 Å². The lowest BCUT2D eigenvalue weighted by Gasteiger charge is -2.21. The van der Waals surface area contributed by atoms with Crippen molar-refractivity contribution < 1.29 is 35.3 Å². The molecule has 5 nitrogen and oxygen atoms in total. The number of hydrogen-bond donors (Lipinski definition) is 0. The highest BCUT2D eigenvalue weighted by Gasteiger charge is 2.48. The van der Waals surface area contributed by atoms with Crippen LogP contribution in [0.1, 0.15) is 17.3 Å². The van der Waals surface area contributed by atoms with Gasteiger partial charge >= 0.3 is 15.6 Å². The maximum atomic E-state index is 12.2. The molecule has 1 aromatic rings. The lowest BCUT2D eigenvalue weighted by molar-refractivity contribution is -0.0500. The van der Waals surface area contributed by atoms with Crippen molar-refractivity contribution in [3.05, 3.63) is 23.8 Å². The van der Waals surface area contributed by atoms with E-state index < -0.39 is 21.4 Å². The van der Waals surface area contributed by atoms with Gasteiger partial charge in [-0.1, -0.05) is 6.92 Å². The molecule has 0 aromatic heterocycles. The van der Waals surface area contributed by atoms with Gasteiger partial charge in [0.1, 0.15) is 11.5 Å². The number of halogens is 3. The Labute approximate surface area is 112 Å². The first-order chi connectivity index (χ1) is 9.12. The van der Waals surface area contributed by atoms with Crippen molar-refractivity contribution in [2.24, 2.45) is 5.92 Å². The van der Waals surface area contributed by atoms with E-state index in [9.17, 15) is 26.4 Å². The molecule has 0 bridgehead atoms. The summed E-state index contributed by atoms with van der Waals surface area (Å²) >= 11 is 0. The monoisotopic (exact) mass is 310 g/mol. The predicted molar refractivity (Wildman–Crippen MR) is 61.0 cm³/mol. The molecular formula is C11H9F3O5S. The van der Waals surface area contributed by atoms with Gasteiger partial charge in [-0.05, 0) is 12.1 Å². The summed E-state index contributed by atoms with van der Waals surface area (Å²) < 4.78 is 67.3. The molecule has 2 rings (SSSR count). The molecule has 0 fully saturated rings. The summed E-state index contributed by atoms with van der Waals surface area (Å²) in [6.07, 6.45) is 0. The van der Waals surface area contributed by atoms with Gasteiger partial charge in [-0.15, -0.1) is 0 Å². The Morgan fingerprint density at radius 2 is 2.00 bits per heavy atom. The summed E-state index contributed by atoms with van der Waals surface area (Å²) in [6.45, 7) is 1.71. The lowest BCUT2D eigenvalue weighted by atomic mass is 9.97. The smallest absolute Gasteiger partial charge is 0.492 e. The largest absolute Gasteiger partial charge is 0.534 e. The van der Waals surface area contributed by atoms with Gasteiger partial charge in [0.15, 0.2) is 5.78 Å². The summed E-state index contributed by atoms with van der Waals surface area (Å²) in [4.78, 5) is 11.8. The molecule has 1 aromatic carbocycles. The summed E-state index contributed by atoms with van der Waals surface area (Å²) in [5, 5.41) is 0. The van der Waals surface area contributed by atoms with E-state index in [-0.39, 0.29) is 29.6 Å². The Hall–Kier alpha value is -1.77. The number of benzene rings is 1. The topological polar surface area (TPSA) is 69.7 Å². The highest BCUT2D eigenvalue weighted by atomic mass is 32.2. The van der Waals surface area contributed by atoms with Crippen LogP contribution in [-0.2, 0) is 10.1 Å².